The van der Waals surface area contributed by atoms with Gasteiger partial charge in [0.15, 0.2) is 11.5 Å². The molecule has 0 bridgehead atoms. The van der Waals surface area contributed by atoms with Crippen LogP contribution in [0.25, 0.3) is 5.76 Å². The molecular formula is C27H32N2O5. The Hall–Kier alpha value is -3.58. The highest BCUT2D eigenvalue weighted by Crippen LogP contribution is 2.41. The number of hydrogen-bond donors (Lipinski definition) is 1. The summed E-state index contributed by atoms with van der Waals surface area (Å²) in [6, 6.07) is 13.3. The van der Waals surface area contributed by atoms with Gasteiger partial charge in [-0.05, 0) is 30.8 Å². The molecule has 1 aliphatic heterocycles. The van der Waals surface area contributed by atoms with Crippen molar-refractivity contribution in [2.75, 3.05) is 39.9 Å². The maximum atomic E-state index is 13.2. The third-order valence-electron chi connectivity index (χ3n) is 6.00. The first-order chi connectivity index (χ1) is 16.5. The number of hydrogen-bond acceptors (Lipinski definition) is 6. The quantitative estimate of drug-likeness (QED) is 0.234. The lowest BCUT2D eigenvalue weighted by atomic mass is 9.95. The lowest BCUT2D eigenvalue weighted by Crippen LogP contribution is -2.38. The summed E-state index contributed by atoms with van der Waals surface area (Å²) in [5.41, 5.74) is 1.20. The maximum Gasteiger partial charge on any atom is 0.295 e. The summed E-state index contributed by atoms with van der Waals surface area (Å²) in [6.07, 6.45) is 1.63. The number of carbonyl (C=O) groups excluding carboxylic acids is 2. The fraction of sp³-hybridized carbons (Fsp3) is 0.333. The van der Waals surface area contributed by atoms with E-state index in [4.69, 9.17) is 9.47 Å². The van der Waals surface area contributed by atoms with Gasteiger partial charge in [0.05, 0.1) is 18.7 Å². The average molecular weight is 465 g/mol. The number of carbonyl (C=O) groups is 2. The van der Waals surface area contributed by atoms with E-state index in [1.807, 2.05) is 6.07 Å². The minimum Gasteiger partial charge on any atom is -0.507 e. The van der Waals surface area contributed by atoms with E-state index in [-0.39, 0.29) is 11.3 Å². The minimum absolute atomic E-state index is 0.0672. The lowest BCUT2D eigenvalue weighted by Gasteiger charge is -2.28. The van der Waals surface area contributed by atoms with Gasteiger partial charge in [-0.2, -0.15) is 0 Å². The molecule has 1 unspecified atom stereocenters. The molecule has 1 amide bonds. The van der Waals surface area contributed by atoms with Crippen molar-refractivity contribution in [1.29, 1.82) is 0 Å². The van der Waals surface area contributed by atoms with Crippen molar-refractivity contribution in [1.82, 2.24) is 9.80 Å². The standard InChI is InChI=1S/C27H32N2O5/c1-5-17-34-21-14-13-20(18-22(21)33-4)24-23(25(30)19-11-9-8-10-12-19)26(31)27(32)29(24)16-15-28(6-2)7-3/h5,8-14,18,24,30H,1,6-7,15-17H2,2-4H3/b25-23+. The monoisotopic (exact) mass is 464 g/mol. The average Bonchev–Trinajstić information content (AvgIpc) is 3.13. The predicted molar refractivity (Wildman–Crippen MR) is 132 cm³/mol. The van der Waals surface area contributed by atoms with Gasteiger partial charge < -0.3 is 24.4 Å². The molecule has 180 valence electrons. The van der Waals surface area contributed by atoms with E-state index in [2.05, 4.69) is 25.3 Å². The van der Waals surface area contributed by atoms with Crippen molar-refractivity contribution in [3.63, 3.8) is 0 Å². The zero-order chi connectivity index (χ0) is 24.7. The van der Waals surface area contributed by atoms with E-state index in [1.54, 1.807) is 48.5 Å². The SMILES string of the molecule is C=CCOc1ccc(C2/C(=C(\O)c3ccccc3)C(=O)C(=O)N2CCN(CC)CC)cc1OC. The highest BCUT2D eigenvalue weighted by molar-refractivity contribution is 6.46. The van der Waals surface area contributed by atoms with Gasteiger partial charge in [0.1, 0.15) is 12.4 Å². The molecule has 7 nitrogen and oxygen atoms in total. The molecular weight excluding hydrogens is 432 g/mol. The van der Waals surface area contributed by atoms with E-state index >= 15 is 0 Å². The van der Waals surface area contributed by atoms with Crippen LogP contribution < -0.4 is 9.47 Å². The van der Waals surface area contributed by atoms with Crippen molar-refractivity contribution < 1.29 is 24.2 Å². The van der Waals surface area contributed by atoms with E-state index < -0.39 is 17.7 Å². The zero-order valence-electron chi connectivity index (χ0n) is 20.0. The van der Waals surface area contributed by atoms with E-state index in [1.165, 1.54) is 12.0 Å². The highest BCUT2D eigenvalue weighted by Gasteiger charge is 2.46. The van der Waals surface area contributed by atoms with E-state index in [0.29, 0.717) is 42.3 Å². The number of likely N-dealkylation sites (N-methyl/N-ethyl adjacent to an activating group) is 1. The number of aliphatic hydroxyl groups excluding tert-OH is 1. The van der Waals surface area contributed by atoms with Gasteiger partial charge in [0.2, 0.25) is 0 Å². The Kier molecular flexibility index (Phi) is 8.49. The van der Waals surface area contributed by atoms with Crippen molar-refractivity contribution >= 4 is 17.4 Å². The lowest BCUT2D eigenvalue weighted by molar-refractivity contribution is -0.140. The smallest absolute Gasteiger partial charge is 0.295 e. The third kappa shape index (κ3) is 5.15. The minimum atomic E-state index is -0.752. The Balaban J connectivity index is 2.11. The number of aliphatic hydroxyl groups is 1. The van der Waals surface area contributed by atoms with Gasteiger partial charge in [-0.3, -0.25) is 9.59 Å². The number of likely N-dealkylation sites (tertiary alicyclic amines) is 1. The Labute approximate surface area is 200 Å². The van der Waals surface area contributed by atoms with E-state index in [9.17, 15) is 14.7 Å². The first kappa shape index (κ1) is 25.1. The molecule has 7 heteroatoms. The maximum absolute atomic E-state index is 13.2. The van der Waals surface area contributed by atoms with Crippen LogP contribution in [0.1, 0.15) is 31.0 Å². The van der Waals surface area contributed by atoms with Crippen LogP contribution in [-0.4, -0.2) is 66.5 Å². The Bertz CT molecular complexity index is 1060. The van der Waals surface area contributed by atoms with Gasteiger partial charge in [0, 0.05) is 18.7 Å². The van der Waals surface area contributed by atoms with E-state index in [0.717, 1.165) is 13.1 Å². The Morgan fingerprint density at radius 2 is 1.82 bits per heavy atom. The first-order valence-corrected chi connectivity index (χ1v) is 11.4. The van der Waals surface area contributed by atoms with Crippen LogP contribution in [-0.2, 0) is 9.59 Å². The second kappa shape index (κ2) is 11.5. The molecule has 34 heavy (non-hydrogen) atoms. The fourth-order valence-corrected chi connectivity index (χ4v) is 4.12. The molecule has 2 aromatic rings. The van der Waals surface area contributed by atoms with Gasteiger partial charge in [0.25, 0.3) is 11.7 Å². The number of Topliss-reactive ketones (excluding diaryl/α,β-unsaturated/α-hetero) is 1. The predicted octanol–water partition coefficient (Wildman–Crippen LogP) is 4.02. The summed E-state index contributed by atoms with van der Waals surface area (Å²) >= 11 is 0. The normalized spacial score (nSPS) is 17.3. The largest absolute Gasteiger partial charge is 0.507 e. The van der Waals surface area contributed by atoms with Crippen LogP contribution >= 0.6 is 0 Å². The van der Waals surface area contributed by atoms with Crippen molar-refractivity contribution in [2.24, 2.45) is 0 Å². The summed E-state index contributed by atoms with van der Waals surface area (Å²) in [4.78, 5) is 30.0. The first-order valence-electron chi connectivity index (χ1n) is 11.4. The summed E-state index contributed by atoms with van der Waals surface area (Å²) in [5.74, 6) is -0.527. The molecule has 0 radical (unpaired) electrons. The highest BCUT2D eigenvalue weighted by atomic mass is 16.5. The molecule has 1 atom stereocenters. The fourth-order valence-electron chi connectivity index (χ4n) is 4.12. The van der Waals surface area contributed by atoms with Gasteiger partial charge in [-0.25, -0.2) is 0 Å². The molecule has 0 spiro atoms. The van der Waals surface area contributed by atoms with Gasteiger partial charge >= 0.3 is 0 Å². The summed E-state index contributed by atoms with van der Waals surface area (Å²) in [7, 11) is 1.53. The van der Waals surface area contributed by atoms with Crippen molar-refractivity contribution in [3.8, 4) is 11.5 Å². The van der Waals surface area contributed by atoms with Crippen LogP contribution in [0.3, 0.4) is 0 Å². The number of ether oxygens (including phenoxy) is 2. The molecule has 0 aliphatic carbocycles. The van der Waals surface area contributed by atoms with Gasteiger partial charge in [-0.1, -0.05) is 62.9 Å². The number of rotatable bonds is 11. The van der Waals surface area contributed by atoms with Crippen molar-refractivity contribution in [3.05, 3.63) is 77.9 Å². The number of nitrogens with zero attached hydrogens (tertiary/aromatic N) is 2. The molecule has 1 saturated heterocycles. The molecule has 0 aromatic heterocycles. The number of methoxy groups -OCH3 is 1. The van der Waals surface area contributed by atoms with Gasteiger partial charge in [-0.15, -0.1) is 0 Å². The van der Waals surface area contributed by atoms with Crippen LogP contribution in [0.5, 0.6) is 11.5 Å². The Morgan fingerprint density at radius 1 is 1.12 bits per heavy atom. The molecule has 1 N–H and O–H groups in total. The topological polar surface area (TPSA) is 79.3 Å². The summed E-state index contributed by atoms with van der Waals surface area (Å²) in [5, 5.41) is 11.1. The zero-order valence-corrected chi connectivity index (χ0v) is 20.0. The molecule has 0 saturated carbocycles. The van der Waals surface area contributed by atoms with Crippen LogP contribution in [0, 0.1) is 0 Å². The second-order valence-electron chi connectivity index (χ2n) is 7.90. The number of ketones is 1. The second-order valence-corrected chi connectivity index (χ2v) is 7.90. The number of benzene rings is 2. The Morgan fingerprint density at radius 3 is 2.44 bits per heavy atom. The third-order valence-corrected chi connectivity index (χ3v) is 6.00. The van der Waals surface area contributed by atoms with Crippen molar-refractivity contribution in [2.45, 2.75) is 19.9 Å². The molecule has 1 fully saturated rings. The summed E-state index contributed by atoms with van der Waals surface area (Å²) in [6.45, 7) is 10.7. The van der Waals surface area contributed by atoms with Crippen LogP contribution in [0.15, 0.2) is 66.8 Å². The summed E-state index contributed by atoms with van der Waals surface area (Å²) < 4.78 is 11.2. The molecule has 1 aliphatic rings. The molecule has 3 rings (SSSR count). The molecule has 1 heterocycles. The van der Waals surface area contributed by atoms with Crippen LogP contribution in [0.2, 0.25) is 0 Å². The molecule has 2 aromatic carbocycles. The number of amides is 1. The van der Waals surface area contributed by atoms with Crippen LogP contribution in [0.4, 0.5) is 0 Å².